The molecule has 0 aliphatic rings. The molecule has 0 radical (unpaired) electrons. The molecular weight excluding hydrogens is 510 g/mol. The number of hydrogen-bond acceptors (Lipinski definition) is 9. The number of carbonyl (C=O) groups excluding carboxylic acids is 5. The molecule has 12 nitrogen and oxygen atoms in total. The number of esters is 2. The molecule has 12 heteroatoms. The van der Waals surface area contributed by atoms with Crippen LogP contribution in [0.5, 0.6) is 0 Å². The molecular formula is C27H35N3O9. The maximum Gasteiger partial charge on any atom is 0.338 e. The highest BCUT2D eigenvalue weighted by Gasteiger charge is 2.30. The predicted octanol–water partition coefficient (Wildman–Crippen LogP) is 3.15. The molecule has 2 aromatic rings. The predicted molar refractivity (Wildman–Crippen MR) is 139 cm³/mol. The van der Waals surface area contributed by atoms with E-state index in [0.29, 0.717) is 23.5 Å². The number of hydrogen-bond donors (Lipinski definition) is 3. The Morgan fingerprint density at radius 3 is 2.31 bits per heavy atom. The van der Waals surface area contributed by atoms with Crippen LogP contribution in [-0.4, -0.2) is 67.4 Å². The number of nitrogens with one attached hydrogen (secondary N) is 2. The van der Waals surface area contributed by atoms with Crippen LogP contribution in [0.1, 0.15) is 77.2 Å². The van der Waals surface area contributed by atoms with Crippen LogP contribution in [0.3, 0.4) is 0 Å². The van der Waals surface area contributed by atoms with Crippen molar-refractivity contribution in [1.82, 2.24) is 15.7 Å². The van der Waals surface area contributed by atoms with Gasteiger partial charge >= 0.3 is 11.9 Å². The van der Waals surface area contributed by atoms with Gasteiger partial charge in [0.2, 0.25) is 12.3 Å². The number of amides is 3. The molecule has 3 amide bonds. The monoisotopic (exact) mass is 545 g/mol. The molecule has 2 unspecified atom stereocenters. The Morgan fingerprint density at radius 1 is 1.00 bits per heavy atom. The summed E-state index contributed by atoms with van der Waals surface area (Å²) in [4.78, 5) is 60.7. The van der Waals surface area contributed by atoms with E-state index in [-0.39, 0.29) is 35.7 Å². The van der Waals surface area contributed by atoms with Crippen molar-refractivity contribution in [2.24, 2.45) is 5.92 Å². The quantitative estimate of drug-likeness (QED) is 0.0761. The third-order valence-corrected chi connectivity index (χ3v) is 6.24. The van der Waals surface area contributed by atoms with Crippen LogP contribution in [0.15, 0.2) is 34.7 Å². The number of rotatable bonds is 15. The van der Waals surface area contributed by atoms with Gasteiger partial charge in [0.05, 0.1) is 44.0 Å². The fraction of sp³-hybridized carbons (Fsp3) is 0.444. The van der Waals surface area contributed by atoms with Gasteiger partial charge in [-0.05, 0) is 37.1 Å². The first-order valence-electron chi connectivity index (χ1n) is 12.6. The molecule has 212 valence electrons. The highest BCUT2D eigenvalue weighted by atomic mass is 16.5. The molecule has 1 heterocycles. The second kappa shape index (κ2) is 15.3. The van der Waals surface area contributed by atoms with Crippen molar-refractivity contribution >= 4 is 30.2 Å². The third kappa shape index (κ3) is 8.14. The smallest absolute Gasteiger partial charge is 0.338 e. The molecule has 0 spiro atoms. The number of unbranched alkanes of at least 4 members (excludes halogenated alkanes) is 2. The van der Waals surface area contributed by atoms with Gasteiger partial charge in [-0.2, -0.15) is 0 Å². The molecule has 0 bridgehead atoms. The van der Waals surface area contributed by atoms with Gasteiger partial charge < -0.3 is 24.5 Å². The van der Waals surface area contributed by atoms with E-state index >= 15 is 0 Å². The average Bonchev–Trinajstić information content (AvgIpc) is 3.46. The number of carbonyl (C=O) groups is 5. The fourth-order valence-corrected chi connectivity index (χ4v) is 4.16. The SMILES string of the molecule is CCCCCC(C(=O)NCNC(=O)c1ccc(-c2ccc(C(=O)OC)c(C(=O)OC)c2)o1)C(CC)N(O)C=O. The number of furan rings is 1. The summed E-state index contributed by atoms with van der Waals surface area (Å²) in [7, 11) is 2.38. The number of hydroxylamine groups is 2. The second-order valence-corrected chi connectivity index (χ2v) is 8.69. The summed E-state index contributed by atoms with van der Waals surface area (Å²) >= 11 is 0. The summed E-state index contributed by atoms with van der Waals surface area (Å²) in [5.41, 5.74) is 0.408. The molecule has 1 aromatic heterocycles. The molecule has 2 atom stereocenters. The first-order chi connectivity index (χ1) is 18.7. The lowest BCUT2D eigenvalue weighted by molar-refractivity contribution is -0.168. The summed E-state index contributed by atoms with van der Waals surface area (Å²) in [6, 6.07) is 6.57. The van der Waals surface area contributed by atoms with Crippen molar-refractivity contribution in [3.05, 3.63) is 47.2 Å². The van der Waals surface area contributed by atoms with Gasteiger partial charge in [0.15, 0.2) is 5.76 Å². The number of methoxy groups -OCH3 is 2. The highest BCUT2D eigenvalue weighted by Crippen LogP contribution is 2.26. The lowest BCUT2D eigenvalue weighted by atomic mass is 9.90. The third-order valence-electron chi connectivity index (χ3n) is 6.24. The molecule has 39 heavy (non-hydrogen) atoms. The van der Waals surface area contributed by atoms with Gasteiger partial charge in [0.25, 0.3) is 5.91 Å². The highest BCUT2D eigenvalue weighted by molar-refractivity contribution is 6.04. The first kappa shape index (κ1) is 31.0. The largest absolute Gasteiger partial charge is 0.465 e. The van der Waals surface area contributed by atoms with Crippen LogP contribution in [0, 0.1) is 5.92 Å². The fourth-order valence-electron chi connectivity index (χ4n) is 4.16. The normalized spacial score (nSPS) is 12.1. The van der Waals surface area contributed by atoms with E-state index in [9.17, 15) is 29.2 Å². The molecule has 0 aliphatic carbocycles. The molecule has 0 saturated heterocycles. The standard InChI is InChI=1S/C27H35N3O9/c1-5-7-8-9-19(21(6-2)30(36)16-31)24(32)28-15-29-25(33)23-13-12-22(39-23)17-10-11-18(26(34)37-3)20(14-17)27(35)38-4/h10-14,16,19,21,36H,5-9,15H2,1-4H3,(H,28,32)(H,29,33). The number of nitrogens with zero attached hydrogens (tertiary/aromatic N) is 1. The Hall–Kier alpha value is -4.19. The minimum absolute atomic E-state index is 0.0177. The van der Waals surface area contributed by atoms with Crippen molar-refractivity contribution in [2.45, 2.75) is 52.0 Å². The van der Waals surface area contributed by atoms with Gasteiger partial charge in [-0.15, -0.1) is 0 Å². The molecule has 1 aromatic carbocycles. The van der Waals surface area contributed by atoms with Crippen molar-refractivity contribution in [2.75, 3.05) is 20.9 Å². The minimum atomic E-state index is -0.742. The molecule has 0 aliphatic heterocycles. The zero-order valence-electron chi connectivity index (χ0n) is 22.5. The summed E-state index contributed by atoms with van der Waals surface area (Å²) in [6.07, 6.45) is 3.72. The molecule has 0 saturated carbocycles. The molecule has 0 fully saturated rings. The minimum Gasteiger partial charge on any atom is -0.465 e. The van der Waals surface area contributed by atoms with Crippen LogP contribution in [0.2, 0.25) is 0 Å². The van der Waals surface area contributed by atoms with Crippen LogP contribution in [0.4, 0.5) is 0 Å². The maximum absolute atomic E-state index is 12.9. The van der Waals surface area contributed by atoms with Gasteiger partial charge in [0.1, 0.15) is 5.76 Å². The molecule has 3 N–H and O–H groups in total. The zero-order valence-corrected chi connectivity index (χ0v) is 22.5. The van der Waals surface area contributed by atoms with E-state index in [4.69, 9.17) is 13.9 Å². The van der Waals surface area contributed by atoms with E-state index in [1.54, 1.807) is 6.92 Å². The summed E-state index contributed by atoms with van der Waals surface area (Å²) in [5.74, 6) is -2.91. The van der Waals surface area contributed by atoms with E-state index in [1.807, 2.05) is 6.92 Å². The Balaban J connectivity index is 2.09. The maximum atomic E-state index is 12.9. The van der Waals surface area contributed by atoms with Gasteiger partial charge in [-0.3, -0.25) is 19.6 Å². The van der Waals surface area contributed by atoms with E-state index < -0.39 is 35.7 Å². The Morgan fingerprint density at radius 2 is 1.69 bits per heavy atom. The second-order valence-electron chi connectivity index (χ2n) is 8.69. The van der Waals surface area contributed by atoms with Crippen molar-refractivity contribution in [1.29, 1.82) is 0 Å². The van der Waals surface area contributed by atoms with Gasteiger partial charge in [-0.1, -0.05) is 39.2 Å². The average molecular weight is 546 g/mol. The van der Waals surface area contributed by atoms with Crippen LogP contribution in [-0.2, 0) is 19.1 Å². The summed E-state index contributed by atoms with van der Waals surface area (Å²) in [6.45, 7) is 3.59. The number of ether oxygens (including phenoxy) is 2. The van der Waals surface area contributed by atoms with Crippen LogP contribution >= 0.6 is 0 Å². The van der Waals surface area contributed by atoms with Crippen molar-refractivity contribution in [3.8, 4) is 11.3 Å². The summed E-state index contributed by atoms with van der Waals surface area (Å²) < 4.78 is 15.1. The number of benzene rings is 1. The summed E-state index contributed by atoms with van der Waals surface area (Å²) in [5, 5.41) is 15.6. The lowest BCUT2D eigenvalue weighted by Crippen LogP contribution is -2.47. The van der Waals surface area contributed by atoms with Crippen LogP contribution in [0.25, 0.3) is 11.3 Å². The van der Waals surface area contributed by atoms with Crippen molar-refractivity contribution < 1.29 is 43.1 Å². The van der Waals surface area contributed by atoms with E-state index in [2.05, 4.69) is 10.6 Å². The zero-order chi connectivity index (χ0) is 28.9. The Kier molecular flexibility index (Phi) is 12.2. The van der Waals surface area contributed by atoms with E-state index in [0.717, 1.165) is 19.3 Å². The van der Waals surface area contributed by atoms with Crippen LogP contribution < -0.4 is 10.6 Å². The van der Waals surface area contributed by atoms with E-state index in [1.165, 1.54) is 44.6 Å². The first-order valence-corrected chi connectivity index (χ1v) is 12.6. The van der Waals surface area contributed by atoms with Gasteiger partial charge in [-0.25, -0.2) is 14.7 Å². The van der Waals surface area contributed by atoms with Gasteiger partial charge in [0, 0.05) is 5.56 Å². The topological polar surface area (TPSA) is 164 Å². The Bertz CT molecular complexity index is 1160. The Labute approximate surface area is 226 Å². The lowest BCUT2D eigenvalue weighted by Gasteiger charge is -2.29. The molecule has 2 rings (SSSR count). The van der Waals surface area contributed by atoms with Crippen molar-refractivity contribution in [3.63, 3.8) is 0 Å².